The lowest BCUT2D eigenvalue weighted by Crippen LogP contribution is -2.05. The number of aromatic nitrogens is 2. The Morgan fingerprint density at radius 1 is 1.18 bits per heavy atom. The van der Waals surface area contributed by atoms with Crippen molar-refractivity contribution in [1.82, 2.24) is 9.78 Å². The fourth-order valence-corrected chi connectivity index (χ4v) is 1.96. The Morgan fingerprint density at radius 2 is 1.94 bits per heavy atom. The highest BCUT2D eigenvalue weighted by Gasteiger charge is 2.10. The second-order valence-electron chi connectivity index (χ2n) is 4.03. The van der Waals surface area contributed by atoms with Crippen molar-refractivity contribution in [1.29, 1.82) is 0 Å². The van der Waals surface area contributed by atoms with Gasteiger partial charge in [0.1, 0.15) is 0 Å². The van der Waals surface area contributed by atoms with Gasteiger partial charge in [-0.3, -0.25) is 0 Å². The van der Waals surface area contributed by atoms with Crippen molar-refractivity contribution in [2.45, 2.75) is 33.3 Å². The van der Waals surface area contributed by atoms with E-state index >= 15 is 0 Å². The van der Waals surface area contributed by atoms with Crippen molar-refractivity contribution in [2.75, 3.05) is 0 Å². The number of rotatable bonds is 4. The predicted octanol–water partition coefficient (Wildman–Crippen LogP) is 2.49. The fourth-order valence-electron chi connectivity index (χ4n) is 1.96. The van der Waals surface area contributed by atoms with Crippen LogP contribution in [0.2, 0.25) is 0 Å². The van der Waals surface area contributed by atoms with Crippen LogP contribution in [0.3, 0.4) is 0 Å². The molecule has 0 saturated carbocycles. The summed E-state index contributed by atoms with van der Waals surface area (Å²) < 4.78 is 1.95. The average Bonchev–Trinajstić information content (AvgIpc) is 2.81. The Balaban J connectivity index is 2.54. The van der Waals surface area contributed by atoms with Crippen LogP contribution in [0, 0.1) is 0 Å². The van der Waals surface area contributed by atoms with Gasteiger partial charge in [-0.25, -0.2) is 4.68 Å². The van der Waals surface area contributed by atoms with E-state index in [4.69, 9.17) is 0 Å². The number of aliphatic hydroxyl groups is 1. The van der Waals surface area contributed by atoms with E-state index in [0.717, 1.165) is 29.8 Å². The molecule has 2 rings (SSSR count). The molecule has 0 aliphatic heterocycles. The molecule has 2 aromatic rings. The van der Waals surface area contributed by atoms with Gasteiger partial charge in [0.05, 0.1) is 18.0 Å². The van der Waals surface area contributed by atoms with Crippen molar-refractivity contribution in [3.05, 3.63) is 47.3 Å². The standard InChI is InChI=1S/C14H18N2O/c1-3-12-9-13(4-2)16(15-12)14-8-6-5-7-11(14)10-17/h5-9,17H,3-4,10H2,1-2H3. The molecule has 0 saturated heterocycles. The minimum absolute atomic E-state index is 0.0423. The molecule has 1 aromatic heterocycles. The van der Waals surface area contributed by atoms with Crippen LogP contribution in [-0.4, -0.2) is 14.9 Å². The molecule has 90 valence electrons. The van der Waals surface area contributed by atoms with Crippen LogP contribution in [0.5, 0.6) is 0 Å². The average molecular weight is 230 g/mol. The van der Waals surface area contributed by atoms with Gasteiger partial charge in [0.15, 0.2) is 0 Å². The second-order valence-corrected chi connectivity index (χ2v) is 4.03. The molecule has 0 fully saturated rings. The van der Waals surface area contributed by atoms with Gasteiger partial charge in [0, 0.05) is 11.3 Å². The van der Waals surface area contributed by atoms with Crippen LogP contribution in [0.25, 0.3) is 5.69 Å². The summed E-state index contributed by atoms with van der Waals surface area (Å²) in [6.45, 7) is 4.26. The highest BCUT2D eigenvalue weighted by molar-refractivity contribution is 5.41. The molecule has 3 heteroatoms. The number of para-hydroxylation sites is 1. The van der Waals surface area contributed by atoms with Crippen LogP contribution in [0.4, 0.5) is 0 Å². The SMILES string of the molecule is CCc1cc(CC)n(-c2ccccc2CO)n1. The molecule has 0 atom stereocenters. The lowest BCUT2D eigenvalue weighted by atomic mass is 10.2. The first-order valence-corrected chi connectivity index (χ1v) is 6.07. The first-order valence-electron chi connectivity index (χ1n) is 6.07. The molecule has 0 bridgehead atoms. The second kappa shape index (κ2) is 5.15. The van der Waals surface area contributed by atoms with E-state index in [0.29, 0.717) is 0 Å². The number of aliphatic hydroxyl groups excluding tert-OH is 1. The molecule has 0 unspecified atom stereocenters. The van der Waals surface area contributed by atoms with Gasteiger partial charge in [-0.15, -0.1) is 0 Å². The summed E-state index contributed by atoms with van der Waals surface area (Å²) in [7, 11) is 0. The van der Waals surface area contributed by atoms with E-state index in [1.807, 2.05) is 28.9 Å². The molecule has 0 aliphatic rings. The van der Waals surface area contributed by atoms with Crippen LogP contribution in [-0.2, 0) is 19.4 Å². The van der Waals surface area contributed by atoms with Gasteiger partial charge in [-0.05, 0) is 25.0 Å². The predicted molar refractivity (Wildman–Crippen MR) is 68.2 cm³/mol. The van der Waals surface area contributed by atoms with E-state index in [-0.39, 0.29) is 6.61 Å². The molecule has 3 nitrogen and oxygen atoms in total. The lowest BCUT2D eigenvalue weighted by Gasteiger charge is -2.09. The quantitative estimate of drug-likeness (QED) is 0.876. The fraction of sp³-hybridized carbons (Fsp3) is 0.357. The van der Waals surface area contributed by atoms with Crippen molar-refractivity contribution >= 4 is 0 Å². The molecule has 0 amide bonds. The van der Waals surface area contributed by atoms with Crippen molar-refractivity contribution in [3.63, 3.8) is 0 Å². The highest BCUT2D eigenvalue weighted by Crippen LogP contribution is 2.18. The zero-order chi connectivity index (χ0) is 12.3. The summed E-state index contributed by atoms with van der Waals surface area (Å²) >= 11 is 0. The van der Waals surface area contributed by atoms with E-state index < -0.39 is 0 Å². The maximum Gasteiger partial charge on any atom is 0.0703 e. The first-order chi connectivity index (χ1) is 8.30. The summed E-state index contributed by atoms with van der Waals surface area (Å²) in [5.74, 6) is 0. The zero-order valence-electron chi connectivity index (χ0n) is 10.3. The van der Waals surface area contributed by atoms with Crippen LogP contribution in [0.1, 0.15) is 30.8 Å². The Bertz CT molecular complexity index is 503. The van der Waals surface area contributed by atoms with Gasteiger partial charge in [-0.1, -0.05) is 32.0 Å². The van der Waals surface area contributed by atoms with Gasteiger partial charge in [0.2, 0.25) is 0 Å². The highest BCUT2D eigenvalue weighted by atomic mass is 16.3. The van der Waals surface area contributed by atoms with Gasteiger partial charge < -0.3 is 5.11 Å². The number of aryl methyl sites for hydroxylation is 2. The number of benzene rings is 1. The molecule has 1 N–H and O–H groups in total. The third-order valence-electron chi connectivity index (χ3n) is 2.95. The smallest absolute Gasteiger partial charge is 0.0703 e. The first kappa shape index (κ1) is 11.9. The maximum absolute atomic E-state index is 9.37. The monoisotopic (exact) mass is 230 g/mol. The number of hydrogen-bond acceptors (Lipinski definition) is 2. The van der Waals surface area contributed by atoms with Crippen molar-refractivity contribution in [3.8, 4) is 5.69 Å². The Labute approximate surface area is 102 Å². The summed E-state index contributed by atoms with van der Waals surface area (Å²) in [4.78, 5) is 0. The topological polar surface area (TPSA) is 38.0 Å². The van der Waals surface area contributed by atoms with E-state index in [1.54, 1.807) is 0 Å². The van der Waals surface area contributed by atoms with Crippen molar-refractivity contribution < 1.29 is 5.11 Å². The third-order valence-corrected chi connectivity index (χ3v) is 2.95. The molecule has 0 spiro atoms. The molecule has 0 aliphatic carbocycles. The van der Waals surface area contributed by atoms with E-state index in [2.05, 4.69) is 25.0 Å². The molecule has 1 aromatic carbocycles. The Morgan fingerprint density at radius 3 is 2.59 bits per heavy atom. The largest absolute Gasteiger partial charge is 0.392 e. The minimum Gasteiger partial charge on any atom is -0.392 e. The molecule has 17 heavy (non-hydrogen) atoms. The normalized spacial score (nSPS) is 10.8. The lowest BCUT2D eigenvalue weighted by molar-refractivity contribution is 0.281. The Hall–Kier alpha value is -1.61. The molecule has 1 heterocycles. The van der Waals surface area contributed by atoms with Gasteiger partial charge in [0.25, 0.3) is 0 Å². The number of hydrogen-bond donors (Lipinski definition) is 1. The van der Waals surface area contributed by atoms with E-state index in [9.17, 15) is 5.11 Å². The summed E-state index contributed by atoms with van der Waals surface area (Å²) in [5.41, 5.74) is 4.16. The van der Waals surface area contributed by atoms with Crippen LogP contribution >= 0.6 is 0 Å². The number of nitrogens with zero attached hydrogens (tertiary/aromatic N) is 2. The summed E-state index contributed by atoms with van der Waals surface area (Å²) in [5, 5.41) is 14.0. The minimum atomic E-state index is 0.0423. The third kappa shape index (κ3) is 2.24. The van der Waals surface area contributed by atoms with Crippen LogP contribution in [0.15, 0.2) is 30.3 Å². The van der Waals surface area contributed by atoms with Crippen molar-refractivity contribution in [2.24, 2.45) is 0 Å². The van der Waals surface area contributed by atoms with Crippen LogP contribution < -0.4 is 0 Å². The zero-order valence-corrected chi connectivity index (χ0v) is 10.3. The van der Waals surface area contributed by atoms with Gasteiger partial charge >= 0.3 is 0 Å². The molecular weight excluding hydrogens is 212 g/mol. The molecular formula is C14H18N2O. The summed E-state index contributed by atoms with van der Waals surface area (Å²) in [6.07, 6.45) is 1.87. The maximum atomic E-state index is 9.37. The van der Waals surface area contributed by atoms with Gasteiger partial charge in [-0.2, -0.15) is 5.10 Å². The Kier molecular flexibility index (Phi) is 3.59. The molecule has 0 radical (unpaired) electrons. The van der Waals surface area contributed by atoms with E-state index in [1.165, 1.54) is 5.69 Å². The summed E-state index contributed by atoms with van der Waals surface area (Å²) in [6, 6.07) is 9.97.